The van der Waals surface area contributed by atoms with Gasteiger partial charge in [0.05, 0.1) is 6.61 Å². The van der Waals surface area contributed by atoms with E-state index in [0.717, 1.165) is 7.98 Å². The SMILES string of the molecule is CC=CC(=O)OCCCCCCCC[SiH2]C(I)I. The van der Waals surface area contributed by atoms with Crippen LogP contribution in [0.25, 0.3) is 0 Å². The molecule has 0 spiro atoms. The number of alkyl halides is 2. The molecule has 0 N–H and O–H groups in total. The molecule has 0 radical (unpaired) electrons. The molecule has 0 bridgehead atoms. The van der Waals surface area contributed by atoms with Crippen molar-refractivity contribution in [2.45, 2.75) is 53.0 Å². The second kappa shape index (κ2) is 14.3. The van der Waals surface area contributed by atoms with Gasteiger partial charge in [-0.1, -0.05) is 89.4 Å². The van der Waals surface area contributed by atoms with Crippen LogP contribution >= 0.6 is 45.2 Å². The molecule has 0 unspecified atom stereocenters. The predicted octanol–water partition coefficient (Wildman–Crippen LogP) is 4.19. The summed E-state index contributed by atoms with van der Waals surface area (Å²) in [5.41, 5.74) is 0. The van der Waals surface area contributed by atoms with Crippen LogP contribution in [0.15, 0.2) is 12.2 Å². The lowest BCUT2D eigenvalue weighted by atomic mass is 10.1. The van der Waals surface area contributed by atoms with Crippen molar-refractivity contribution >= 4 is 60.7 Å². The Morgan fingerprint density at radius 1 is 1.17 bits per heavy atom. The van der Waals surface area contributed by atoms with Gasteiger partial charge < -0.3 is 4.74 Å². The van der Waals surface area contributed by atoms with Gasteiger partial charge in [-0.25, -0.2) is 4.79 Å². The van der Waals surface area contributed by atoms with Crippen molar-refractivity contribution in [2.24, 2.45) is 0 Å². The van der Waals surface area contributed by atoms with Gasteiger partial charge in [-0.3, -0.25) is 0 Å². The molecule has 0 fully saturated rings. The van der Waals surface area contributed by atoms with Crippen molar-refractivity contribution in [3.63, 3.8) is 0 Å². The van der Waals surface area contributed by atoms with Gasteiger partial charge >= 0.3 is 5.97 Å². The maximum Gasteiger partial charge on any atom is 0.330 e. The number of unbranched alkanes of at least 4 members (excludes halogenated alkanes) is 5. The number of ether oxygens (including phenoxy) is 1. The van der Waals surface area contributed by atoms with Crippen LogP contribution in [0.3, 0.4) is 0 Å². The highest BCUT2D eigenvalue weighted by molar-refractivity contribution is 14.2. The standard InChI is InChI=1S/C13H24I2O2Si/c1-2-9-12(16)17-10-7-5-3-4-6-8-11-18-13(14)15/h2,9,13H,3-8,10-11,18H2,1H3. The van der Waals surface area contributed by atoms with Crippen molar-refractivity contribution in [1.29, 1.82) is 0 Å². The second-order valence-corrected chi connectivity index (χ2v) is 15.1. The normalized spacial score (nSPS) is 12.0. The minimum absolute atomic E-state index is 0.194. The van der Waals surface area contributed by atoms with Crippen LogP contribution in [0.1, 0.15) is 45.4 Å². The zero-order chi connectivity index (χ0) is 13.6. The van der Waals surface area contributed by atoms with E-state index in [4.69, 9.17) is 4.74 Å². The average molecular weight is 494 g/mol. The summed E-state index contributed by atoms with van der Waals surface area (Å²) in [5, 5.41) is 0. The van der Waals surface area contributed by atoms with Crippen LogP contribution in [0.4, 0.5) is 0 Å². The molecule has 18 heavy (non-hydrogen) atoms. The zero-order valence-electron chi connectivity index (χ0n) is 11.2. The minimum Gasteiger partial charge on any atom is -0.463 e. The number of hydrogen-bond acceptors (Lipinski definition) is 2. The number of carbonyl (C=O) groups is 1. The van der Waals surface area contributed by atoms with E-state index >= 15 is 0 Å². The Labute approximate surface area is 141 Å². The molecule has 2 nitrogen and oxygen atoms in total. The molecule has 0 aromatic rings. The highest BCUT2D eigenvalue weighted by atomic mass is 127. The van der Waals surface area contributed by atoms with E-state index in [1.54, 1.807) is 6.08 Å². The van der Waals surface area contributed by atoms with Crippen molar-refractivity contribution in [2.75, 3.05) is 6.61 Å². The molecule has 0 saturated carbocycles. The summed E-state index contributed by atoms with van der Waals surface area (Å²) in [7, 11) is 0.194. The number of rotatable bonds is 11. The number of hydrogen-bond donors (Lipinski definition) is 0. The maximum atomic E-state index is 11.0. The molecular formula is C13H24I2O2Si. The highest BCUT2D eigenvalue weighted by Crippen LogP contribution is 2.13. The number of allylic oxidation sites excluding steroid dienone is 1. The lowest BCUT2D eigenvalue weighted by Crippen LogP contribution is -2.02. The lowest BCUT2D eigenvalue weighted by molar-refractivity contribution is -0.137. The quantitative estimate of drug-likeness (QED) is 0.108. The third-order valence-electron chi connectivity index (χ3n) is 2.61. The van der Waals surface area contributed by atoms with Crippen molar-refractivity contribution in [3.05, 3.63) is 12.2 Å². The van der Waals surface area contributed by atoms with Crippen molar-refractivity contribution in [3.8, 4) is 0 Å². The third kappa shape index (κ3) is 14.9. The first kappa shape index (κ1) is 18.9. The molecule has 106 valence electrons. The monoisotopic (exact) mass is 494 g/mol. The molecule has 0 aliphatic rings. The fraction of sp³-hybridized carbons (Fsp3) is 0.769. The van der Waals surface area contributed by atoms with Gasteiger partial charge in [0, 0.05) is 17.2 Å². The second-order valence-electron chi connectivity index (χ2n) is 4.32. The van der Waals surface area contributed by atoms with Gasteiger partial charge in [-0.2, -0.15) is 0 Å². The molecule has 0 aliphatic heterocycles. The lowest BCUT2D eigenvalue weighted by Gasteiger charge is -2.03. The van der Waals surface area contributed by atoms with Crippen molar-refractivity contribution in [1.82, 2.24) is 0 Å². The van der Waals surface area contributed by atoms with E-state index in [-0.39, 0.29) is 15.5 Å². The molecule has 5 heteroatoms. The molecule has 0 rings (SSSR count). The summed E-state index contributed by atoms with van der Waals surface area (Å²) in [6.07, 6.45) is 10.8. The van der Waals surface area contributed by atoms with Crippen LogP contribution < -0.4 is 0 Å². The fourth-order valence-corrected chi connectivity index (χ4v) is 5.23. The first-order valence-corrected chi connectivity index (χ1v) is 11.0. The maximum absolute atomic E-state index is 11.0. The van der Waals surface area contributed by atoms with Crippen LogP contribution in [0.2, 0.25) is 6.04 Å². The first-order valence-electron chi connectivity index (χ1n) is 6.74. The summed E-state index contributed by atoms with van der Waals surface area (Å²) in [4.78, 5) is 11.0. The van der Waals surface area contributed by atoms with Gasteiger partial charge in [0.2, 0.25) is 0 Å². The minimum atomic E-state index is -0.213. The Kier molecular flexibility index (Phi) is 15.0. The van der Waals surface area contributed by atoms with E-state index in [9.17, 15) is 4.79 Å². The third-order valence-corrected chi connectivity index (χ3v) is 7.70. The highest BCUT2D eigenvalue weighted by Gasteiger charge is 1.98. The van der Waals surface area contributed by atoms with Gasteiger partial charge in [-0.15, -0.1) is 0 Å². The van der Waals surface area contributed by atoms with Crippen LogP contribution in [0.5, 0.6) is 0 Å². The number of esters is 1. The summed E-state index contributed by atoms with van der Waals surface area (Å²) in [5.74, 6) is -0.213. The largest absolute Gasteiger partial charge is 0.463 e. The number of halogens is 2. The molecule has 0 aliphatic carbocycles. The van der Waals surface area contributed by atoms with Gasteiger partial charge in [0.15, 0.2) is 0 Å². The molecular weight excluding hydrogens is 470 g/mol. The molecule has 0 atom stereocenters. The predicted molar refractivity (Wildman–Crippen MR) is 98.7 cm³/mol. The Hall–Kier alpha value is 0.887. The average Bonchev–Trinajstić information content (AvgIpc) is 2.31. The van der Waals surface area contributed by atoms with E-state index < -0.39 is 0 Å². The Bertz CT molecular complexity index is 233. The summed E-state index contributed by atoms with van der Waals surface area (Å²) in [6, 6.07) is 1.50. The van der Waals surface area contributed by atoms with E-state index in [1.165, 1.54) is 44.2 Å². The summed E-state index contributed by atoms with van der Waals surface area (Å²) >= 11 is 5.08. The molecule has 0 heterocycles. The molecule has 0 saturated heterocycles. The molecule has 0 amide bonds. The first-order chi connectivity index (χ1) is 8.66. The van der Waals surface area contributed by atoms with Crippen molar-refractivity contribution < 1.29 is 9.53 Å². The van der Waals surface area contributed by atoms with E-state index in [2.05, 4.69) is 45.2 Å². The van der Waals surface area contributed by atoms with Gasteiger partial charge in [0.1, 0.15) is 0 Å². The van der Waals surface area contributed by atoms with Gasteiger partial charge in [0.25, 0.3) is 0 Å². The van der Waals surface area contributed by atoms with Crippen LogP contribution in [0, 0.1) is 0 Å². The Morgan fingerprint density at radius 3 is 2.39 bits per heavy atom. The summed E-state index contributed by atoms with van der Waals surface area (Å²) < 4.78 is 5.96. The number of carbonyl (C=O) groups excluding carboxylic acids is 1. The Balaban J connectivity index is 3.10. The van der Waals surface area contributed by atoms with Gasteiger partial charge in [-0.05, 0) is 13.3 Å². The van der Waals surface area contributed by atoms with Crippen LogP contribution in [-0.2, 0) is 9.53 Å². The van der Waals surface area contributed by atoms with E-state index in [1.807, 2.05) is 6.92 Å². The molecule has 0 aromatic carbocycles. The fourth-order valence-electron chi connectivity index (χ4n) is 1.64. The van der Waals surface area contributed by atoms with E-state index in [0.29, 0.717) is 6.61 Å². The smallest absolute Gasteiger partial charge is 0.330 e. The Morgan fingerprint density at radius 2 is 1.78 bits per heavy atom. The molecule has 0 aromatic heterocycles. The summed E-state index contributed by atoms with van der Waals surface area (Å²) in [6.45, 7) is 2.39. The topological polar surface area (TPSA) is 26.3 Å². The zero-order valence-corrected chi connectivity index (χ0v) is 16.9. The van der Waals surface area contributed by atoms with Crippen LogP contribution in [-0.4, -0.2) is 23.7 Å².